The van der Waals surface area contributed by atoms with E-state index in [1.165, 1.54) is 18.2 Å². The number of rotatable bonds is 3. The molecule has 0 aliphatic heterocycles. The van der Waals surface area contributed by atoms with Gasteiger partial charge in [0.2, 0.25) is 5.90 Å². The van der Waals surface area contributed by atoms with E-state index in [9.17, 15) is 10.1 Å². The second-order valence-electron chi connectivity index (χ2n) is 2.69. The van der Waals surface area contributed by atoms with Crippen molar-refractivity contribution in [3.63, 3.8) is 0 Å². The van der Waals surface area contributed by atoms with Crippen LogP contribution in [0.2, 0.25) is 5.02 Å². The van der Waals surface area contributed by atoms with Crippen LogP contribution in [-0.2, 0) is 4.74 Å². The van der Waals surface area contributed by atoms with Crippen molar-refractivity contribution in [3.05, 3.63) is 38.9 Å². The number of nitrogens with one attached hydrogen (secondary N) is 1. The fraction of sp³-hybridized carbons (Fsp3) is 0.222. The van der Waals surface area contributed by atoms with Crippen molar-refractivity contribution >= 4 is 35.6 Å². The fourth-order valence-corrected chi connectivity index (χ4v) is 1.21. The summed E-state index contributed by atoms with van der Waals surface area (Å²) in [4.78, 5) is 9.97. The van der Waals surface area contributed by atoms with Gasteiger partial charge in [-0.3, -0.25) is 15.5 Å². The van der Waals surface area contributed by atoms with Crippen LogP contribution >= 0.6 is 24.0 Å². The monoisotopic (exact) mass is 264 g/mol. The Morgan fingerprint density at radius 2 is 2.25 bits per heavy atom. The van der Waals surface area contributed by atoms with Crippen molar-refractivity contribution in [1.82, 2.24) is 0 Å². The molecule has 0 heterocycles. The number of nitro benzene ring substituents is 1. The highest BCUT2D eigenvalue weighted by Crippen LogP contribution is 2.25. The predicted molar refractivity (Wildman–Crippen MR) is 63.8 cm³/mol. The third kappa shape index (κ3) is 3.36. The van der Waals surface area contributed by atoms with Crippen LogP contribution in [-0.4, -0.2) is 17.4 Å². The van der Waals surface area contributed by atoms with Gasteiger partial charge in [-0.2, -0.15) is 0 Å². The molecule has 7 heteroatoms. The van der Waals surface area contributed by atoms with E-state index in [2.05, 4.69) is 0 Å². The first-order valence-corrected chi connectivity index (χ1v) is 4.59. The molecule has 88 valence electrons. The predicted octanol–water partition coefficient (Wildman–Crippen LogP) is 3.03. The van der Waals surface area contributed by atoms with E-state index < -0.39 is 4.92 Å². The molecule has 1 aromatic carbocycles. The highest BCUT2D eigenvalue weighted by molar-refractivity contribution is 6.32. The van der Waals surface area contributed by atoms with Crippen molar-refractivity contribution in [3.8, 4) is 0 Å². The highest BCUT2D eigenvalue weighted by atomic mass is 35.5. The van der Waals surface area contributed by atoms with Crippen LogP contribution in [0.5, 0.6) is 0 Å². The summed E-state index contributed by atoms with van der Waals surface area (Å²) in [6.45, 7) is 2.08. The van der Waals surface area contributed by atoms with Crippen molar-refractivity contribution in [2.45, 2.75) is 6.92 Å². The van der Waals surface area contributed by atoms with Gasteiger partial charge < -0.3 is 4.74 Å². The summed E-state index contributed by atoms with van der Waals surface area (Å²) in [5.41, 5.74) is 0.117. The molecule has 0 aliphatic rings. The number of nitrogens with zero attached hydrogens (tertiary/aromatic N) is 1. The van der Waals surface area contributed by atoms with Crippen LogP contribution in [0, 0.1) is 15.5 Å². The summed E-state index contributed by atoms with van der Waals surface area (Å²) < 4.78 is 4.92. The molecule has 0 saturated heterocycles. The van der Waals surface area contributed by atoms with Gasteiger partial charge in [-0.15, -0.1) is 12.4 Å². The molecule has 0 amide bonds. The van der Waals surface area contributed by atoms with Gasteiger partial charge >= 0.3 is 0 Å². The fourth-order valence-electron chi connectivity index (χ4n) is 1.02. The molecular formula is C9H10Cl2N2O3. The lowest BCUT2D eigenvalue weighted by Gasteiger charge is -2.04. The SMILES string of the molecule is CCOC(=N)c1ccc(Cl)c([N+](=O)[O-])c1.Cl. The molecule has 0 spiro atoms. The van der Waals surface area contributed by atoms with E-state index in [1.807, 2.05) is 0 Å². The van der Waals surface area contributed by atoms with Gasteiger partial charge in [0.1, 0.15) is 5.02 Å². The Balaban J connectivity index is 0.00000225. The number of nitro groups is 1. The van der Waals surface area contributed by atoms with E-state index in [0.29, 0.717) is 12.2 Å². The van der Waals surface area contributed by atoms with Gasteiger partial charge in [-0.25, -0.2) is 0 Å². The maximum Gasteiger partial charge on any atom is 0.288 e. The molecule has 0 bridgehead atoms. The summed E-state index contributed by atoms with van der Waals surface area (Å²) in [5.74, 6) is -0.0998. The normalized spacial score (nSPS) is 9.12. The molecule has 0 saturated carbocycles. The molecule has 0 aromatic heterocycles. The molecule has 0 unspecified atom stereocenters. The minimum atomic E-state index is -0.592. The first-order valence-electron chi connectivity index (χ1n) is 4.22. The molecule has 0 fully saturated rings. The number of hydrogen-bond acceptors (Lipinski definition) is 4. The number of halogens is 2. The van der Waals surface area contributed by atoms with Crippen LogP contribution in [0.4, 0.5) is 5.69 Å². The lowest BCUT2D eigenvalue weighted by atomic mass is 10.2. The molecule has 1 aromatic rings. The van der Waals surface area contributed by atoms with Crippen molar-refractivity contribution in [2.75, 3.05) is 6.61 Å². The largest absolute Gasteiger partial charge is 0.478 e. The maximum absolute atomic E-state index is 10.6. The van der Waals surface area contributed by atoms with E-state index in [-0.39, 0.29) is 29.0 Å². The molecule has 1 rings (SSSR count). The Morgan fingerprint density at radius 3 is 2.75 bits per heavy atom. The molecule has 5 nitrogen and oxygen atoms in total. The summed E-state index contributed by atoms with van der Waals surface area (Å²) in [7, 11) is 0. The number of hydrogen-bond donors (Lipinski definition) is 1. The second kappa shape index (κ2) is 6.30. The Hall–Kier alpha value is -1.33. The molecule has 0 radical (unpaired) electrons. The minimum absolute atomic E-state index is 0. The smallest absolute Gasteiger partial charge is 0.288 e. The Bertz CT molecular complexity index is 410. The highest BCUT2D eigenvalue weighted by Gasteiger charge is 2.14. The molecule has 16 heavy (non-hydrogen) atoms. The van der Waals surface area contributed by atoms with Crippen LogP contribution in [0.1, 0.15) is 12.5 Å². The van der Waals surface area contributed by atoms with E-state index in [4.69, 9.17) is 21.7 Å². The minimum Gasteiger partial charge on any atom is -0.478 e. The molecule has 0 aliphatic carbocycles. The first kappa shape index (κ1) is 14.7. The summed E-state index contributed by atoms with van der Waals surface area (Å²) in [6, 6.07) is 4.11. The third-order valence-corrected chi connectivity index (χ3v) is 2.01. The Kier molecular flexibility index (Phi) is 5.77. The van der Waals surface area contributed by atoms with Crippen LogP contribution in [0.3, 0.4) is 0 Å². The lowest BCUT2D eigenvalue weighted by Crippen LogP contribution is -2.05. The molecular weight excluding hydrogens is 255 g/mol. The maximum atomic E-state index is 10.6. The van der Waals surface area contributed by atoms with E-state index in [0.717, 1.165) is 0 Å². The summed E-state index contributed by atoms with van der Waals surface area (Å²) >= 11 is 5.62. The second-order valence-corrected chi connectivity index (χ2v) is 3.09. The average molecular weight is 265 g/mol. The summed E-state index contributed by atoms with van der Waals surface area (Å²) in [5, 5.41) is 18.1. The zero-order chi connectivity index (χ0) is 11.4. The first-order chi connectivity index (χ1) is 7.06. The van der Waals surface area contributed by atoms with Crippen molar-refractivity contribution in [2.24, 2.45) is 0 Å². The number of ether oxygens (including phenoxy) is 1. The summed E-state index contributed by atoms with van der Waals surface area (Å²) in [6.07, 6.45) is 0. The average Bonchev–Trinajstić information content (AvgIpc) is 2.18. The molecule has 1 N–H and O–H groups in total. The van der Waals surface area contributed by atoms with Gasteiger partial charge in [0.05, 0.1) is 11.5 Å². The van der Waals surface area contributed by atoms with Gasteiger partial charge in [0.25, 0.3) is 5.69 Å². The van der Waals surface area contributed by atoms with Crippen molar-refractivity contribution < 1.29 is 9.66 Å². The number of benzene rings is 1. The van der Waals surface area contributed by atoms with E-state index >= 15 is 0 Å². The zero-order valence-corrected chi connectivity index (χ0v) is 9.97. The lowest BCUT2D eigenvalue weighted by molar-refractivity contribution is -0.384. The standard InChI is InChI=1S/C9H9ClN2O3.ClH/c1-2-15-9(11)6-3-4-7(10)8(5-6)12(13)14;/h3-5,11H,2H2,1H3;1H. The topological polar surface area (TPSA) is 76.2 Å². The van der Waals surface area contributed by atoms with Gasteiger partial charge in [0, 0.05) is 11.6 Å². The van der Waals surface area contributed by atoms with Gasteiger partial charge in [-0.05, 0) is 19.1 Å². The van der Waals surface area contributed by atoms with Crippen molar-refractivity contribution in [1.29, 1.82) is 5.41 Å². The quantitative estimate of drug-likeness (QED) is 0.395. The van der Waals surface area contributed by atoms with E-state index in [1.54, 1.807) is 6.92 Å². The van der Waals surface area contributed by atoms with Gasteiger partial charge in [0.15, 0.2) is 0 Å². The van der Waals surface area contributed by atoms with Crippen LogP contribution < -0.4 is 0 Å². The molecule has 0 atom stereocenters. The van der Waals surface area contributed by atoms with Gasteiger partial charge in [-0.1, -0.05) is 11.6 Å². The third-order valence-electron chi connectivity index (χ3n) is 1.69. The Labute approximate surface area is 103 Å². The van der Waals surface area contributed by atoms with Crippen LogP contribution in [0.15, 0.2) is 18.2 Å². The Morgan fingerprint density at radius 1 is 1.62 bits per heavy atom. The zero-order valence-electron chi connectivity index (χ0n) is 8.40. The van der Waals surface area contributed by atoms with Crippen LogP contribution in [0.25, 0.3) is 0 Å².